The highest BCUT2D eigenvalue weighted by atomic mass is 16.5. The molecule has 0 aromatic rings. The molecule has 1 fully saturated rings. The second kappa shape index (κ2) is 5.08. The Morgan fingerprint density at radius 2 is 2.33 bits per heavy atom. The Morgan fingerprint density at radius 1 is 1.56 bits per heavy atom. The van der Waals surface area contributed by atoms with Crippen molar-refractivity contribution in [3.63, 3.8) is 0 Å². The summed E-state index contributed by atoms with van der Waals surface area (Å²) in [5.41, 5.74) is 2.13. The molecule has 3 heteroatoms. The largest absolute Gasteiger partial charge is 0.470 e. The van der Waals surface area contributed by atoms with Crippen molar-refractivity contribution >= 4 is 5.91 Å². The molecular formula is C15H17NO2. The van der Waals surface area contributed by atoms with Gasteiger partial charge in [0.15, 0.2) is 5.88 Å². The zero-order valence-corrected chi connectivity index (χ0v) is 10.6. The maximum atomic E-state index is 11.9. The summed E-state index contributed by atoms with van der Waals surface area (Å²) >= 11 is 0. The van der Waals surface area contributed by atoms with Gasteiger partial charge in [-0.05, 0) is 26.0 Å². The predicted octanol–water partition coefficient (Wildman–Crippen LogP) is 2.61. The van der Waals surface area contributed by atoms with E-state index in [1.54, 1.807) is 12.2 Å². The SMILES string of the molecule is C=C/C(C)=C\C=C1/NC(=O)C2C=CC(C)=CC2O1. The molecule has 1 saturated heterocycles. The lowest BCUT2D eigenvalue weighted by atomic mass is 9.92. The highest BCUT2D eigenvalue weighted by Crippen LogP contribution is 2.25. The molecule has 1 aliphatic carbocycles. The summed E-state index contributed by atoms with van der Waals surface area (Å²) in [4.78, 5) is 11.9. The van der Waals surface area contributed by atoms with E-state index in [0.29, 0.717) is 5.88 Å². The van der Waals surface area contributed by atoms with E-state index in [9.17, 15) is 4.79 Å². The first-order valence-electron chi connectivity index (χ1n) is 5.95. The lowest BCUT2D eigenvalue weighted by molar-refractivity contribution is -0.130. The Morgan fingerprint density at radius 3 is 3.06 bits per heavy atom. The van der Waals surface area contributed by atoms with Gasteiger partial charge in [-0.15, -0.1) is 0 Å². The molecule has 0 spiro atoms. The molecule has 0 bridgehead atoms. The Hall–Kier alpha value is -2.03. The third-order valence-corrected chi connectivity index (χ3v) is 2.98. The first kappa shape index (κ1) is 12.4. The van der Waals surface area contributed by atoms with Gasteiger partial charge in [-0.25, -0.2) is 0 Å². The molecule has 0 saturated carbocycles. The molecule has 0 aromatic heterocycles. The number of carbonyl (C=O) groups excluding carboxylic acids is 1. The molecular weight excluding hydrogens is 226 g/mol. The summed E-state index contributed by atoms with van der Waals surface area (Å²) in [5, 5.41) is 2.75. The monoisotopic (exact) mass is 243 g/mol. The molecule has 1 amide bonds. The van der Waals surface area contributed by atoms with E-state index in [-0.39, 0.29) is 17.9 Å². The van der Waals surface area contributed by atoms with Crippen molar-refractivity contribution in [3.8, 4) is 0 Å². The number of hydrogen-bond donors (Lipinski definition) is 1. The van der Waals surface area contributed by atoms with Crippen molar-refractivity contribution in [1.82, 2.24) is 5.32 Å². The average Bonchev–Trinajstić information content (AvgIpc) is 2.35. The zero-order valence-electron chi connectivity index (χ0n) is 10.6. The van der Waals surface area contributed by atoms with Crippen molar-refractivity contribution in [2.24, 2.45) is 5.92 Å². The van der Waals surface area contributed by atoms with Gasteiger partial charge in [-0.1, -0.05) is 42.0 Å². The number of fused-ring (bicyclic) bond motifs is 1. The standard InChI is InChI=1S/C15H17NO2/c1-4-10(2)6-8-14-16-15(17)12-7-5-11(3)9-13(12)18-14/h4-9,12-13H,1H2,2-3H3,(H,16,17)/b10-6-,14-8+. The first-order valence-corrected chi connectivity index (χ1v) is 5.95. The maximum absolute atomic E-state index is 11.9. The molecule has 3 nitrogen and oxygen atoms in total. The Labute approximate surface area is 107 Å². The number of allylic oxidation sites excluding steroid dienone is 6. The second-order valence-corrected chi connectivity index (χ2v) is 4.51. The fourth-order valence-corrected chi connectivity index (χ4v) is 1.86. The Bertz CT molecular complexity index is 495. The highest BCUT2D eigenvalue weighted by molar-refractivity contribution is 5.84. The van der Waals surface area contributed by atoms with Crippen molar-refractivity contribution in [2.75, 3.05) is 0 Å². The minimum atomic E-state index is -0.227. The minimum Gasteiger partial charge on any atom is -0.470 e. The zero-order chi connectivity index (χ0) is 13.1. The van der Waals surface area contributed by atoms with Crippen LogP contribution in [0.2, 0.25) is 0 Å². The Kier molecular flexibility index (Phi) is 3.51. The van der Waals surface area contributed by atoms with Crippen LogP contribution in [0.5, 0.6) is 0 Å². The fourth-order valence-electron chi connectivity index (χ4n) is 1.86. The molecule has 2 rings (SSSR count). The highest BCUT2D eigenvalue weighted by Gasteiger charge is 2.33. The van der Waals surface area contributed by atoms with Crippen molar-refractivity contribution in [2.45, 2.75) is 20.0 Å². The van der Waals surface area contributed by atoms with E-state index in [2.05, 4.69) is 11.9 Å². The number of ether oxygens (including phenoxy) is 1. The summed E-state index contributed by atoms with van der Waals surface area (Å²) in [6, 6.07) is 0. The summed E-state index contributed by atoms with van der Waals surface area (Å²) in [6.45, 7) is 7.60. The Balaban J connectivity index is 2.18. The molecule has 2 atom stereocenters. The van der Waals surface area contributed by atoms with Gasteiger partial charge >= 0.3 is 0 Å². The van der Waals surface area contributed by atoms with Gasteiger partial charge in [-0.3, -0.25) is 10.1 Å². The van der Waals surface area contributed by atoms with Gasteiger partial charge < -0.3 is 4.74 Å². The number of amides is 1. The van der Waals surface area contributed by atoms with Crippen LogP contribution in [0.15, 0.2) is 60.1 Å². The molecule has 2 aliphatic rings. The maximum Gasteiger partial charge on any atom is 0.237 e. The van der Waals surface area contributed by atoms with Gasteiger partial charge in [0, 0.05) is 0 Å². The molecule has 2 unspecified atom stereocenters. The van der Waals surface area contributed by atoms with E-state index in [4.69, 9.17) is 4.74 Å². The van der Waals surface area contributed by atoms with E-state index in [0.717, 1.165) is 11.1 Å². The number of rotatable bonds is 2. The number of hydrogen-bond acceptors (Lipinski definition) is 2. The topological polar surface area (TPSA) is 38.3 Å². The van der Waals surface area contributed by atoms with Crippen molar-refractivity contribution in [1.29, 1.82) is 0 Å². The molecule has 1 aliphatic heterocycles. The third-order valence-electron chi connectivity index (χ3n) is 2.98. The van der Waals surface area contributed by atoms with E-state index in [1.165, 1.54) is 0 Å². The lowest BCUT2D eigenvalue weighted by Gasteiger charge is -2.31. The summed E-state index contributed by atoms with van der Waals surface area (Å²) in [5.74, 6) is 0.235. The van der Waals surface area contributed by atoms with Crippen LogP contribution >= 0.6 is 0 Å². The minimum absolute atomic E-state index is 0.0258. The average molecular weight is 243 g/mol. The first-order chi connectivity index (χ1) is 8.60. The number of carbonyl (C=O) groups is 1. The quantitative estimate of drug-likeness (QED) is 0.757. The molecule has 94 valence electrons. The molecule has 0 aromatic carbocycles. The van der Waals surface area contributed by atoms with Crippen LogP contribution in [0.3, 0.4) is 0 Å². The van der Waals surface area contributed by atoms with Gasteiger partial charge in [0.05, 0.1) is 5.92 Å². The number of nitrogens with one attached hydrogen (secondary N) is 1. The van der Waals surface area contributed by atoms with E-state index >= 15 is 0 Å². The molecule has 1 heterocycles. The van der Waals surface area contributed by atoms with Gasteiger partial charge in [0.1, 0.15) is 6.10 Å². The summed E-state index contributed by atoms with van der Waals surface area (Å²) in [6.07, 6.45) is 11.0. The lowest BCUT2D eigenvalue weighted by Crippen LogP contribution is -2.44. The fraction of sp³-hybridized carbons (Fsp3) is 0.267. The van der Waals surface area contributed by atoms with E-state index < -0.39 is 0 Å². The van der Waals surface area contributed by atoms with Crippen molar-refractivity contribution < 1.29 is 9.53 Å². The van der Waals surface area contributed by atoms with Crippen LogP contribution in [0.25, 0.3) is 0 Å². The normalized spacial score (nSPS) is 29.2. The van der Waals surface area contributed by atoms with Crippen molar-refractivity contribution in [3.05, 3.63) is 60.1 Å². The molecule has 0 radical (unpaired) electrons. The summed E-state index contributed by atoms with van der Waals surface area (Å²) in [7, 11) is 0. The van der Waals surface area contributed by atoms with Gasteiger partial charge in [-0.2, -0.15) is 0 Å². The van der Waals surface area contributed by atoms with Crippen LogP contribution < -0.4 is 5.32 Å². The van der Waals surface area contributed by atoms with Crippen LogP contribution in [0.4, 0.5) is 0 Å². The van der Waals surface area contributed by atoms with Gasteiger partial charge in [0.2, 0.25) is 5.91 Å². The van der Waals surface area contributed by atoms with Crippen LogP contribution in [0.1, 0.15) is 13.8 Å². The van der Waals surface area contributed by atoms with Crippen LogP contribution in [-0.2, 0) is 9.53 Å². The third kappa shape index (κ3) is 2.62. The smallest absolute Gasteiger partial charge is 0.237 e. The predicted molar refractivity (Wildman–Crippen MR) is 71.4 cm³/mol. The van der Waals surface area contributed by atoms with Crippen LogP contribution in [0, 0.1) is 5.92 Å². The van der Waals surface area contributed by atoms with E-state index in [1.807, 2.05) is 38.2 Å². The molecule has 1 N–H and O–H groups in total. The summed E-state index contributed by atoms with van der Waals surface area (Å²) < 4.78 is 5.75. The van der Waals surface area contributed by atoms with Gasteiger partial charge in [0.25, 0.3) is 0 Å². The molecule has 18 heavy (non-hydrogen) atoms. The second-order valence-electron chi connectivity index (χ2n) is 4.51. The van der Waals surface area contributed by atoms with Crippen LogP contribution in [-0.4, -0.2) is 12.0 Å².